The highest BCUT2D eigenvalue weighted by Crippen LogP contribution is 1.94. The molecule has 0 heterocycles. The fraction of sp³-hybridized carbons (Fsp3) is 0.714. The van der Waals surface area contributed by atoms with Crippen LogP contribution in [0.4, 0.5) is 0 Å². The van der Waals surface area contributed by atoms with E-state index in [1.807, 2.05) is 0 Å². The molecule has 0 spiro atoms. The van der Waals surface area contributed by atoms with Gasteiger partial charge in [0.1, 0.15) is 0 Å². The first-order valence-corrected chi connectivity index (χ1v) is 7.84. The van der Waals surface area contributed by atoms with E-state index in [0.717, 1.165) is 0 Å². The van der Waals surface area contributed by atoms with Crippen LogP contribution in [-0.2, 0) is 0 Å². The second-order valence-electron chi connectivity index (χ2n) is 2.49. The van der Waals surface area contributed by atoms with Crippen LogP contribution in [0.2, 0.25) is 18.1 Å². The lowest BCUT2D eigenvalue weighted by Gasteiger charge is -1.92. The Labute approximate surface area is 63.4 Å². The molecule has 0 atom stereocenters. The SMILES string of the molecule is C=C[SiH2]CC[SiH2]CCC. The summed E-state index contributed by atoms with van der Waals surface area (Å²) in [5.41, 5.74) is 2.17. The van der Waals surface area contributed by atoms with E-state index in [2.05, 4.69) is 19.2 Å². The molecule has 0 aliphatic heterocycles. The van der Waals surface area contributed by atoms with Gasteiger partial charge in [0, 0.05) is 19.0 Å². The minimum absolute atomic E-state index is 0.192. The van der Waals surface area contributed by atoms with Gasteiger partial charge >= 0.3 is 0 Å². The summed E-state index contributed by atoms with van der Waals surface area (Å²) in [5.74, 6) is 0. The fourth-order valence-corrected chi connectivity index (χ4v) is 4.60. The van der Waals surface area contributed by atoms with Crippen molar-refractivity contribution in [3.05, 3.63) is 12.3 Å². The van der Waals surface area contributed by atoms with Gasteiger partial charge in [-0.1, -0.05) is 31.5 Å². The Balaban J connectivity index is 2.66. The molecule has 54 valence electrons. The van der Waals surface area contributed by atoms with Gasteiger partial charge in [0.15, 0.2) is 0 Å². The van der Waals surface area contributed by atoms with Crippen LogP contribution in [0, 0.1) is 0 Å². The van der Waals surface area contributed by atoms with Crippen molar-refractivity contribution >= 4 is 19.0 Å². The van der Waals surface area contributed by atoms with E-state index in [9.17, 15) is 0 Å². The first-order valence-electron chi connectivity index (χ1n) is 4.02. The van der Waals surface area contributed by atoms with E-state index in [1.165, 1.54) is 12.5 Å². The largest absolute Gasteiger partial charge is 0.109 e. The average molecular weight is 158 g/mol. The maximum Gasteiger partial charge on any atom is 0.0443 e. The van der Waals surface area contributed by atoms with Crippen LogP contribution >= 0.6 is 0 Å². The molecule has 0 amide bonds. The molecule has 0 aromatic carbocycles. The minimum Gasteiger partial charge on any atom is -0.109 e. The number of hydrogen-bond donors (Lipinski definition) is 0. The monoisotopic (exact) mass is 158 g/mol. The summed E-state index contributed by atoms with van der Waals surface area (Å²) in [5, 5.41) is 0. The van der Waals surface area contributed by atoms with Crippen molar-refractivity contribution in [2.45, 2.75) is 31.5 Å². The first kappa shape index (κ1) is 9.17. The van der Waals surface area contributed by atoms with Crippen molar-refractivity contribution in [1.29, 1.82) is 0 Å². The van der Waals surface area contributed by atoms with Crippen molar-refractivity contribution in [3.63, 3.8) is 0 Å². The topological polar surface area (TPSA) is 0 Å². The Bertz CT molecular complexity index is 61.9. The molecule has 0 aromatic heterocycles. The molecule has 0 fully saturated rings. The number of rotatable bonds is 6. The standard InChI is InChI=1S/C7H18Si2/c1-3-5-9-7-6-8-4-2/h4H,2-3,5-9H2,1H3. The lowest BCUT2D eigenvalue weighted by atomic mass is 10.6. The van der Waals surface area contributed by atoms with Crippen LogP contribution in [0.15, 0.2) is 12.3 Å². The summed E-state index contributed by atoms with van der Waals surface area (Å²) in [6, 6.07) is 4.69. The van der Waals surface area contributed by atoms with E-state index >= 15 is 0 Å². The Hall–Kier alpha value is 0.174. The quantitative estimate of drug-likeness (QED) is 0.402. The third-order valence-corrected chi connectivity index (χ3v) is 6.04. The van der Waals surface area contributed by atoms with Gasteiger partial charge in [-0.2, -0.15) is 0 Å². The van der Waals surface area contributed by atoms with Crippen LogP contribution in [0.5, 0.6) is 0 Å². The zero-order chi connectivity index (χ0) is 6.95. The highest BCUT2D eigenvalue weighted by atomic mass is 28.2. The Kier molecular flexibility index (Phi) is 8.33. The van der Waals surface area contributed by atoms with Gasteiger partial charge < -0.3 is 0 Å². The summed E-state index contributed by atoms with van der Waals surface area (Å²) in [7, 11) is 0.570. The Morgan fingerprint density at radius 2 is 2.11 bits per heavy atom. The van der Waals surface area contributed by atoms with Crippen molar-refractivity contribution < 1.29 is 0 Å². The Morgan fingerprint density at radius 3 is 2.67 bits per heavy atom. The lowest BCUT2D eigenvalue weighted by Crippen LogP contribution is -1.90. The van der Waals surface area contributed by atoms with Gasteiger partial charge in [-0.15, -0.1) is 12.3 Å². The molecular formula is C7H18Si2. The molecule has 0 rings (SSSR count). The molecule has 0 aromatic rings. The van der Waals surface area contributed by atoms with Crippen LogP contribution in [0.1, 0.15) is 13.3 Å². The van der Waals surface area contributed by atoms with Crippen LogP contribution in [-0.4, -0.2) is 19.0 Å². The van der Waals surface area contributed by atoms with Gasteiger partial charge in [-0.25, -0.2) is 0 Å². The maximum atomic E-state index is 3.76. The zero-order valence-electron chi connectivity index (χ0n) is 6.53. The molecule has 0 aliphatic rings. The predicted molar refractivity (Wildman–Crippen MR) is 52.0 cm³/mol. The molecule has 0 radical (unpaired) electrons. The number of hydrogen-bond acceptors (Lipinski definition) is 0. The van der Waals surface area contributed by atoms with Crippen molar-refractivity contribution in [2.24, 2.45) is 0 Å². The molecule has 0 saturated heterocycles. The van der Waals surface area contributed by atoms with E-state index in [-0.39, 0.29) is 9.52 Å². The lowest BCUT2D eigenvalue weighted by molar-refractivity contribution is 1.07. The second-order valence-corrected chi connectivity index (χ2v) is 6.47. The highest BCUT2D eigenvalue weighted by molar-refractivity contribution is 6.45. The van der Waals surface area contributed by atoms with Crippen molar-refractivity contribution in [1.82, 2.24) is 0 Å². The molecule has 0 N–H and O–H groups in total. The first-order chi connectivity index (χ1) is 4.41. The zero-order valence-corrected chi connectivity index (χ0v) is 9.36. The van der Waals surface area contributed by atoms with Crippen LogP contribution < -0.4 is 0 Å². The summed E-state index contributed by atoms with van der Waals surface area (Å²) < 4.78 is 0. The smallest absolute Gasteiger partial charge is 0.0443 e. The molecular weight excluding hydrogens is 140 g/mol. The normalized spacial score (nSPS) is 12.1. The van der Waals surface area contributed by atoms with Gasteiger partial charge in [-0.3, -0.25) is 0 Å². The molecule has 0 aliphatic carbocycles. The molecule has 0 saturated carbocycles. The van der Waals surface area contributed by atoms with E-state index in [4.69, 9.17) is 0 Å². The van der Waals surface area contributed by atoms with Crippen molar-refractivity contribution in [2.75, 3.05) is 0 Å². The van der Waals surface area contributed by atoms with E-state index < -0.39 is 0 Å². The summed E-state index contributed by atoms with van der Waals surface area (Å²) in [4.78, 5) is 0. The summed E-state index contributed by atoms with van der Waals surface area (Å²) in [6.45, 7) is 6.05. The van der Waals surface area contributed by atoms with Crippen LogP contribution in [0.3, 0.4) is 0 Å². The predicted octanol–water partition coefficient (Wildman–Crippen LogP) is 1.13. The third-order valence-electron chi connectivity index (χ3n) is 1.51. The summed E-state index contributed by atoms with van der Waals surface area (Å²) in [6.07, 6.45) is 1.42. The minimum atomic E-state index is 0.192. The summed E-state index contributed by atoms with van der Waals surface area (Å²) >= 11 is 0. The van der Waals surface area contributed by atoms with E-state index in [0.29, 0.717) is 9.52 Å². The molecule has 9 heavy (non-hydrogen) atoms. The van der Waals surface area contributed by atoms with E-state index in [1.54, 1.807) is 12.1 Å². The average Bonchev–Trinajstić information content (AvgIpc) is 1.89. The van der Waals surface area contributed by atoms with Crippen LogP contribution in [0.25, 0.3) is 0 Å². The Morgan fingerprint density at radius 1 is 1.33 bits per heavy atom. The van der Waals surface area contributed by atoms with Gasteiger partial charge in [-0.05, 0) is 0 Å². The molecule has 0 bridgehead atoms. The third kappa shape index (κ3) is 8.17. The fourth-order valence-electron chi connectivity index (χ4n) is 0.892. The van der Waals surface area contributed by atoms with Gasteiger partial charge in [0.05, 0.1) is 0 Å². The second kappa shape index (κ2) is 8.17. The molecule has 0 nitrogen and oxygen atoms in total. The highest BCUT2D eigenvalue weighted by Gasteiger charge is 1.86. The van der Waals surface area contributed by atoms with Gasteiger partial charge in [0.2, 0.25) is 0 Å². The molecule has 2 heteroatoms. The molecule has 0 unspecified atom stereocenters. The van der Waals surface area contributed by atoms with Gasteiger partial charge in [0.25, 0.3) is 0 Å². The maximum absolute atomic E-state index is 3.76. The van der Waals surface area contributed by atoms with Crippen molar-refractivity contribution in [3.8, 4) is 0 Å².